The first-order valence-corrected chi connectivity index (χ1v) is 7.73. The van der Waals surface area contributed by atoms with Gasteiger partial charge in [-0.25, -0.2) is 8.42 Å². The van der Waals surface area contributed by atoms with E-state index in [1.54, 1.807) is 13.8 Å². The highest BCUT2D eigenvalue weighted by Crippen LogP contribution is 2.23. The van der Waals surface area contributed by atoms with Crippen LogP contribution in [0.4, 0.5) is 0 Å². The summed E-state index contributed by atoms with van der Waals surface area (Å²) in [4.78, 5) is 0.730. The fourth-order valence-corrected chi connectivity index (χ4v) is 2.87. The number of sulfone groups is 1. The molecule has 1 rings (SSSR count). The average Bonchev–Trinajstić information content (AvgIpc) is 2.64. The summed E-state index contributed by atoms with van der Waals surface area (Å²) in [5, 5.41) is 13.6. The highest BCUT2D eigenvalue weighted by molar-refractivity contribution is 7.91. The SMILES string of the molecule is CCS(=O)(=O)CCCC(O)c1snnc1C. The van der Waals surface area contributed by atoms with Gasteiger partial charge in [0.15, 0.2) is 0 Å². The molecule has 0 aromatic carbocycles. The second kappa shape index (κ2) is 5.70. The highest BCUT2D eigenvalue weighted by atomic mass is 32.2. The lowest BCUT2D eigenvalue weighted by atomic mass is 10.1. The van der Waals surface area contributed by atoms with Crippen LogP contribution in [-0.4, -0.2) is 34.6 Å². The van der Waals surface area contributed by atoms with E-state index in [-0.39, 0.29) is 11.5 Å². The maximum absolute atomic E-state index is 11.2. The molecule has 0 saturated carbocycles. The van der Waals surface area contributed by atoms with Crippen LogP contribution >= 0.6 is 11.5 Å². The molecule has 1 aromatic heterocycles. The third-order valence-corrected chi connectivity index (χ3v) is 5.08. The molecular formula is C9H16N2O3S2. The number of hydrogen-bond acceptors (Lipinski definition) is 6. The van der Waals surface area contributed by atoms with Crippen molar-refractivity contribution in [1.29, 1.82) is 0 Å². The molecule has 16 heavy (non-hydrogen) atoms. The lowest BCUT2D eigenvalue weighted by Gasteiger charge is -2.08. The number of aliphatic hydroxyl groups is 1. The summed E-state index contributed by atoms with van der Waals surface area (Å²) in [5.74, 6) is 0.288. The van der Waals surface area contributed by atoms with Gasteiger partial charge in [0.2, 0.25) is 0 Å². The maximum atomic E-state index is 11.2. The van der Waals surface area contributed by atoms with Gasteiger partial charge >= 0.3 is 0 Å². The minimum absolute atomic E-state index is 0.131. The number of rotatable bonds is 6. The first kappa shape index (κ1) is 13.5. The molecule has 0 aliphatic heterocycles. The van der Waals surface area contributed by atoms with E-state index in [1.807, 2.05) is 0 Å². The molecule has 0 aliphatic rings. The molecular weight excluding hydrogens is 248 g/mol. The maximum Gasteiger partial charge on any atom is 0.150 e. The van der Waals surface area contributed by atoms with E-state index in [9.17, 15) is 13.5 Å². The number of hydrogen-bond donors (Lipinski definition) is 1. The van der Waals surface area contributed by atoms with E-state index in [2.05, 4.69) is 9.59 Å². The van der Waals surface area contributed by atoms with E-state index < -0.39 is 15.9 Å². The molecule has 1 heterocycles. The first-order chi connectivity index (χ1) is 7.46. The van der Waals surface area contributed by atoms with Crippen LogP contribution in [0.1, 0.15) is 36.4 Å². The molecule has 7 heteroatoms. The van der Waals surface area contributed by atoms with Crippen LogP contribution in [0.3, 0.4) is 0 Å². The standard InChI is InChI=1S/C9H16N2O3S2/c1-3-16(13,14)6-4-5-8(12)9-7(2)10-11-15-9/h8,12H,3-6H2,1-2H3. The number of aryl methyl sites for hydroxylation is 1. The highest BCUT2D eigenvalue weighted by Gasteiger charge is 2.15. The van der Waals surface area contributed by atoms with Gasteiger partial charge in [0.25, 0.3) is 0 Å². The fraction of sp³-hybridized carbons (Fsp3) is 0.778. The van der Waals surface area contributed by atoms with Crippen LogP contribution in [0, 0.1) is 6.92 Å². The van der Waals surface area contributed by atoms with Crippen LogP contribution in [0.2, 0.25) is 0 Å². The smallest absolute Gasteiger partial charge is 0.150 e. The Bertz CT molecular complexity index is 428. The largest absolute Gasteiger partial charge is 0.387 e. The Balaban J connectivity index is 2.43. The summed E-state index contributed by atoms with van der Waals surface area (Å²) in [7, 11) is -2.93. The van der Waals surface area contributed by atoms with Gasteiger partial charge < -0.3 is 5.11 Å². The second-order valence-electron chi connectivity index (χ2n) is 3.62. The topological polar surface area (TPSA) is 80.2 Å². The van der Waals surface area contributed by atoms with Gasteiger partial charge in [-0.2, -0.15) is 0 Å². The van der Waals surface area contributed by atoms with E-state index in [1.165, 1.54) is 0 Å². The predicted octanol–water partition coefficient (Wildman–Crippen LogP) is 1.09. The number of nitrogens with zero attached hydrogens (tertiary/aromatic N) is 2. The van der Waals surface area contributed by atoms with Crippen molar-refractivity contribution < 1.29 is 13.5 Å². The monoisotopic (exact) mass is 264 g/mol. The summed E-state index contributed by atoms with van der Waals surface area (Å²) < 4.78 is 26.2. The lowest BCUT2D eigenvalue weighted by molar-refractivity contribution is 0.169. The molecule has 92 valence electrons. The molecule has 0 saturated heterocycles. The van der Waals surface area contributed by atoms with Crippen LogP contribution in [-0.2, 0) is 9.84 Å². The molecule has 0 fully saturated rings. The van der Waals surface area contributed by atoms with Crippen molar-refractivity contribution in [2.75, 3.05) is 11.5 Å². The zero-order valence-electron chi connectivity index (χ0n) is 9.38. The third kappa shape index (κ3) is 3.80. The van der Waals surface area contributed by atoms with Crippen molar-refractivity contribution >= 4 is 21.4 Å². The van der Waals surface area contributed by atoms with Gasteiger partial charge in [0, 0.05) is 5.75 Å². The van der Waals surface area contributed by atoms with Crippen molar-refractivity contribution in [2.45, 2.75) is 32.8 Å². The summed E-state index contributed by atoms with van der Waals surface area (Å²) in [6.45, 7) is 3.41. The summed E-state index contributed by atoms with van der Waals surface area (Å²) in [6, 6.07) is 0. The summed E-state index contributed by atoms with van der Waals surface area (Å²) in [6.07, 6.45) is 0.255. The fourth-order valence-electron chi connectivity index (χ4n) is 1.31. The van der Waals surface area contributed by atoms with Gasteiger partial charge in [-0.1, -0.05) is 11.4 Å². The molecule has 0 amide bonds. The zero-order valence-corrected chi connectivity index (χ0v) is 11.0. The van der Waals surface area contributed by atoms with Gasteiger partial charge in [-0.15, -0.1) is 5.10 Å². The van der Waals surface area contributed by atoms with E-state index in [4.69, 9.17) is 0 Å². The van der Waals surface area contributed by atoms with E-state index >= 15 is 0 Å². The molecule has 0 radical (unpaired) electrons. The Labute approximate surface area is 99.6 Å². The van der Waals surface area contributed by atoms with Crippen molar-refractivity contribution in [3.8, 4) is 0 Å². The number of aromatic nitrogens is 2. The van der Waals surface area contributed by atoms with Gasteiger partial charge in [-0.05, 0) is 31.3 Å². The molecule has 1 atom stereocenters. The molecule has 1 aromatic rings. The van der Waals surface area contributed by atoms with Crippen molar-refractivity contribution in [3.05, 3.63) is 10.6 Å². The van der Waals surface area contributed by atoms with E-state index in [0.717, 1.165) is 22.1 Å². The molecule has 0 bridgehead atoms. The van der Waals surface area contributed by atoms with Crippen LogP contribution in [0.5, 0.6) is 0 Å². The Hall–Kier alpha value is -0.530. The average molecular weight is 264 g/mol. The molecule has 0 spiro atoms. The Morgan fingerprint density at radius 3 is 2.69 bits per heavy atom. The molecule has 5 nitrogen and oxygen atoms in total. The van der Waals surface area contributed by atoms with Gasteiger partial charge in [-0.3, -0.25) is 0 Å². The predicted molar refractivity (Wildman–Crippen MR) is 63.2 cm³/mol. The first-order valence-electron chi connectivity index (χ1n) is 5.13. The zero-order chi connectivity index (χ0) is 12.2. The minimum atomic E-state index is -2.93. The van der Waals surface area contributed by atoms with E-state index in [0.29, 0.717) is 12.8 Å². The van der Waals surface area contributed by atoms with Crippen LogP contribution < -0.4 is 0 Å². The van der Waals surface area contributed by atoms with Crippen LogP contribution in [0.15, 0.2) is 0 Å². The third-order valence-electron chi connectivity index (χ3n) is 2.36. The normalized spacial score (nSPS) is 13.9. The Morgan fingerprint density at radius 2 is 2.19 bits per heavy atom. The quantitative estimate of drug-likeness (QED) is 0.832. The van der Waals surface area contributed by atoms with Gasteiger partial charge in [0.1, 0.15) is 9.84 Å². The van der Waals surface area contributed by atoms with Crippen molar-refractivity contribution in [3.63, 3.8) is 0 Å². The summed E-state index contributed by atoms with van der Waals surface area (Å²) >= 11 is 1.16. The second-order valence-corrected chi connectivity index (χ2v) is 6.88. The minimum Gasteiger partial charge on any atom is -0.387 e. The number of aliphatic hydroxyl groups excluding tert-OH is 1. The molecule has 1 unspecified atom stereocenters. The van der Waals surface area contributed by atoms with Gasteiger partial charge in [0.05, 0.1) is 22.4 Å². The summed E-state index contributed by atoms with van der Waals surface area (Å²) in [5.41, 5.74) is 0.718. The van der Waals surface area contributed by atoms with Crippen molar-refractivity contribution in [2.24, 2.45) is 0 Å². The Kier molecular flexibility index (Phi) is 4.82. The molecule has 1 N–H and O–H groups in total. The Morgan fingerprint density at radius 1 is 1.50 bits per heavy atom. The van der Waals surface area contributed by atoms with Crippen molar-refractivity contribution in [1.82, 2.24) is 9.59 Å². The van der Waals surface area contributed by atoms with Crippen LogP contribution in [0.25, 0.3) is 0 Å². The molecule has 0 aliphatic carbocycles. The lowest BCUT2D eigenvalue weighted by Crippen LogP contribution is -2.10.